The molecule has 0 bridgehead atoms. The molecule has 0 saturated carbocycles. The normalized spacial score (nSPS) is 13.4. The van der Waals surface area contributed by atoms with Crippen LogP contribution < -0.4 is 11.1 Å². The Kier molecular flexibility index (Phi) is 7.04. The number of nitrogens with two attached hydrogens (primary N) is 1. The van der Waals surface area contributed by atoms with Crippen LogP contribution in [-0.4, -0.2) is 46.2 Å². The number of phenolic OH excluding ortho intramolecular Hbond substituents is 1. The maximum Gasteiger partial charge on any atom is 0.326 e. The Morgan fingerprint density at radius 1 is 1.33 bits per heavy atom. The van der Waals surface area contributed by atoms with Gasteiger partial charge in [0.05, 0.1) is 6.04 Å². The van der Waals surface area contributed by atoms with Crippen molar-refractivity contribution in [1.29, 1.82) is 0 Å². The zero-order chi connectivity index (χ0) is 15.8. The second-order valence-corrected chi connectivity index (χ2v) is 5.64. The van der Waals surface area contributed by atoms with E-state index in [2.05, 4.69) is 5.32 Å². The van der Waals surface area contributed by atoms with Gasteiger partial charge in [-0.3, -0.25) is 4.79 Å². The number of carbonyl (C=O) groups is 2. The van der Waals surface area contributed by atoms with Gasteiger partial charge in [0.15, 0.2) is 0 Å². The van der Waals surface area contributed by atoms with Crippen molar-refractivity contribution in [2.75, 3.05) is 12.0 Å². The second-order valence-electron chi connectivity index (χ2n) is 4.66. The zero-order valence-corrected chi connectivity index (χ0v) is 12.6. The van der Waals surface area contributed by atoms with E-state index in [0.717, 1.165) is 5.75 Å². The number of carbonyl (C=O) groups excluding carboxylic acids is 1. The highest BCUT2D eigenvalue weighted by Gasteiger charge is 2.23. The van der Waals surface area contributed by atoms with E-state index in [1.54, 1.807) is 23.9 Å². The number of nitrogens with one attached hydrogen (secondary N) is 1. The molecule has 6 nitrogen and oxygen atoms in total. The van der Waals surface area contributed by atoms with Crippen molar-refractivity contribution < 1.29 is 19.8 Å². The molecule has 0 aliphatic carbocycles. The molecule has 0 unspecified atom stereocenters. The SMILES string of the molecule is CSCC[C@@H](N)C(=O)N[C@@H](Cc1ccc(O)cc1)C(=O)O. The number of hydrogen-bond donors (Lipinski definition) is 4. The lowest BCUT2D eigenvalue weighted by atomic mass is 10.1. The van der Waals surface area contributed by atoms with E-state index in [1.807, 2.05) is 6.26 Å². The zero-order valence-electron chi connectivity index (χ0n) is 11.8. The molecule has 0 aromatic heterocycles. The quantitative estimate of drug-likeness (QED) is 0.559. The fourth-order valence-electron chi connectivity index (χ4n) is 1.72. The molecule has 0 aliphatic rings. The molecular formula is C14H20N2O4S. The summed E-state index contributed by atoms with van der Waals surface area (Å²) in [6.45, 7) is 0. The summed E-state index contributed by atoms with van der Waals surface area (Å²) in [5.74, 6) is -0.734. The summed E-state index contributed by atoms with van der Waals surface area (Å²) in [5, 5.41) is 20.8. The van der Waals surface area contributed by atoms with Gasteiger partial charge in [0, 0.05) is 6.42 Å². The molecule has 1 aromatic carbocycles. The molecule has 1 aromatic rings. The van der Waals surface area contributed by atoms with Gasteiger partial charge in [-0.25, -0.2) is 4.79 Å². The van der Waals surface area contributed by atoms with E-state index in [1.165, 1.54) is 12.1 Å². The van der Waals surface area contributed by atoms with Crippen molar-refractivity contribution >= 4 is 23.6 Å². The third-order valence-corrected chi connectivity index (χ3v) is 3.60. The molecule has 0 saturated heterocycles. The van der Waals surface area contributed by atoms with Crippen LogP contribution in [0, 0.1) is 0 Å². The number of rotatable bonds is 8. The second kappa shape index (κ2) is 8.53. The highest BCUT2D eigenvalue weighted by atomic mass is 32.2. The lowest BCUT2D eigenvalue weighted by Crippen LogP contribution is -2.49. The first kappa shape index (κ1) is 17.3. The summed E-state index contributed by atoms with van der Waals surface area (Å²) < 4.78 is 0. The minimum Gasteiger partial charge on any atom is -0.508 e. The summed E-state index contributed by atoms with van der Waals surface area (Å²) in [6, 6.07) is 4.43. The smallest absolute Gasteiger partial charge is 0.326 e. The number of thioether (sulfide) groups is 1. The molecule has 0 radical (unpaired) electrons. The molecule has 5 N–H and O–H groups in total. The molecule has 2 atom stereocenters. The van der Waals surface area contributed by atoms with E-state index < -0.39 is 24.0 Å². The van der Waals surface area contributed by atoms with E-state index in [9.17, 15) is 19.8 Å². The van der Waals surface area contributed by atoms with E-state index >= 15 is 0 Å². The molecule has 7 heteroatoms. The van der Waals surface area contributed by atoms with Crippen molar-refractivity contribution in [2.45, 2.75) is 24.9 Å². The van der Waals surface area contributed by atoms with Crippen molar-refractivity contribution in [3.05, 3.63) is 29.8 Å². The molecule has 0 aliphatic heterocycles. The van der Waals surface area contributed by atoms with E-state index in [4.69, 9.17) is 5.73 Å². The van der Waals surface area contributed by atoms with E-state index in [-0.39, 0.29) is 12.2 Å². The monoisotopic (exact) mass is 312 g/mol. The summed E-state index contributed by atoms with van der Waals surface area (Å²) in [4.78, 5) is 23.1. The fraction of sp³-hybridized carbons (Fsp3) is 0.429. The van der Waals surface area contributed by atoms with E-state index in [0.29, 0.717) is 12.0 Å². The van der Waals surface area contributed by atoms with Crippen molar-refractivity contribution in [3.63, 3.8) is 0 Å². The molecular weight excluding hydrogens is 292 g/mol. The van der Waals surface area contributed by atoms with Crippen LogP contribution >= 0.6 is 11.8 Å². The molecule has 21 heavy (non-hydrogen) atoms. The molecule has 1 amide bonds. The Morgan fingerprint density at radius 2 is 1.95 bits per heavy atom. The van der Waals surface area contributed by atoms with Gasteiger partial charge in [-0.1, -0.05) is 12.1 Å². The summed E-state index contributed by atoms with van der Waals surface area (Å²) >= 11 is 1.58. The van der Waals surface area contributed by atoms with Crippen LogP contribution in [0.1, 0.15) is 12.0 Å². The number of benzene rings is 1. The minimum atomic E-state index is -1.12. The number of amides is 1. The van der Waals surface area contributed by atoms with Crippen LogP contribution in [0.2, 0.25) is 0 Å². The lowest BCUT2D eigenvalue weighted by Gasteiger charge is -2.17. The molecule has 0 fully saturated rings. The number of carboxylic acid groups (broad SMARTS) is 1. The average Bonchev–Trinajstić information content (AvgIpc) is 2.45. The largest absolute Gasteiger partial charge is 0.508 e. The molecule has 0 spiro atoms. The number of hydrogen-bond acceptors (Lipinski definition) is 5. The fourth-order valence-corrected chi connectivity index (χ4v) is 2.21. The number of carboxylic acids is 1. The van der Waals surface area contributed by atoms with Gasteiger partial charge >= 0.3 is 5.97 Å². The Morgan fingerprint density at radius 3 is 2.48 bits per heavy atom. The van der Waals surface area contributed by atoms with Gasteiger partial charge < -0.3 is 21.3 Å². The topological polar surface area (TPSA) is 113 Å². The third kappa shape index (κ3) is 6.05. The molecule has 1 rings (SSSR count). The maximum atomic E-state index is 11.9. The number of aromatic hydroxyl groups is 1. The first-order chi connectivity index (χ1) is 9.93. The number of aliphatic carboxylic acids is 1. The van der Waals surface area contributed by atoms with Crippen LogP contribution in [-0.2, 0) is 16.0 Å². The summed E-state index contributed by atoms with van der Waals surface area (Å²) in [6.07, 6.45) is 2.55. The Labute approximate surface area is 127 Å². The Hall–Kier alpha value is -1.73. The van der Waals surface area contributed by atoms with Crippen molar-refractivity contribution in [3.8, 4) is 5.75 Å². The van der Waals surface area contributed by atoms with Crippen molar-refractivity contribution in [2.24, 2.45) is 5.73 Å². The predicted octanol–water partition coefficient (Wildman–Crippen LogP) is 0.584. The van der Waals surface area contributed by atoms with Gasteiger partial charge in [-0.2, -0.15) is 11.8 Å². The van der Waals surface area contributed by atoms with Crippen LogP contribution in [0.5, 0.6) is 5.75 Å². The van der Waals surface area contributed by atoms with Crippen molar-refractivity contribution in [1.82, 2.24) is 5.32 Å². The summed E-state index contributed by atoms with van der Waals surface area (Å²) in [7, 11) is 0. The minimum absolute atomic E-state index is 0.105. The average molecular weight is 312 g/mol. The van der Waals surface area contributed by atoms with Gasteiger partial charge in [-0.15, -0.1) is 0 Å². The van der Waals surface area contributed by atoms with Gasteiger partial charge in [0.2, 0.25) is 5.91 Å². The first-order valence-corrected chi connectivity index (χ1v) is 7.89. The van der Waals surface area contributed by atoms with Crippen LogP contribution in [0.25, 0.3) is 0 Å². The standard InChI is InChI=1S/C14H20N2O4S/c1-21-7-6-11(15)13(18)16-12(14(19)20)8-9-2-4-10(17)5-3-9/h2-5,11-12,17H,6-8,15H2,1H3,(H,16,18)(H,19,20)/t11-,12+/m1/s1. The third-order valence-electron chi connectivity index (χ3n) is 2.96. The van der Waals surface area contributed by atoms with Gasteiger partial charge in [-0.05, 0) is 36.1 Å². The highest BCUT2D eigenvalue weighted by molar-refractivity contribution is 7.98. The van der Waals surface area contributed by atoms with Crippen LogP contribution in [0.3, 0.4) is 0 Å². The van der Waals surface area contributed by atoms with Gasteiger partial charge in [0.25, 0.3) is 0 Å². The molecule has 0 heterocycles. The Bertz CT molecular complexity index is 478. The highest BCUT2D eigenvalue weighted by Crippen LogP contribution is 2.11. The lowest BCUT2D eigenvalue weighted by molar-refractivity contribution is -0.142. The Balaban J connectivity index is 2.63. The molecule has 116 valence electrons. The van der Waals surface area contributed by atoms with Crippen LogP contribution in [0.4, 0.5) is 0 Å². The number of phenols is 1. The van der Waals surface area contributed by atoms with Gasteiger partial charge in [0.1, 0.15) is 11.8 Å². The maximum absolute atomic E-state index is 11.9. The first-order valence-electron chi connectivity index (χ1n) is 6.49. The van der Waals surface area contributed by atoms with Crippen LogP contribution in [0.15, 0.2) is 24.3 Å². The predicted molar refractivity (Wildman–Crippen MR) is 82.4 cm³/mol. The summed E-state index contributed by atoms with van der Waals surface area (Å²) in [5.41, 5.74) is 6.42.